The van der Waals surface area contributed by atoms with Crippen LogP contribution in [0.5, 0.6) is 0 Å². The maximum Gasteiger partial charge on any atom is 0.416 e. The number of nitrogens with one attached hydrogen (secondary N) is 2. The molecule has 5 nitrogen and oxygen atoms in total. The van der Waals surface area contributed by atoms with Crippen molar-refractivity contribution < 1.29 is 18.0 Å². The minimum Gasteiger partial charge on any atom is -0.353 e. The first-order chi connectivity index (χ1) is 12.6. The molecule has 0 aromatic heterocycles. The monoisotopic (exact) mass is 512 g/mol. The number of hydrogen-bond donors (Lipinski definition) is 2. The largest absolute Gasteiger partial charge is 0.416 e. The third-order valence-electron chi connectivity index (χ3n) is 4.16. The van der Waals surface area contributed by atoms with E-state index in [-0.39, 0.29) is 48.0 Å². The first-order valence-electron chi connectivity index (χ1n) is 8.60. The SMILES string of the molecule is C=CCNC(=NCC(=O)N(C)C)NC(C)C(C)c1ccccc1C(F)(F)F.I. The molecule has 0 fully saturated rings. The molecule has 0 bridgehead atoms. The third kappa shape index (κ3) is 8.07. The maximum absolute atomic E-state index is 13.3. The van der Waals surface area contributed by atoms with E-state index < -0.39 is 17.7 Å². The van der Waals surface area contributed by atoms with Gasteiger partial charge in [-0.1, -0.05) is 31.2 Å². The number of halogens is 4. The van der Waals surface area contributed by atoms with Crippen molar-refractivity contribution in [3.05, 3.63) is 48.0 Å². The van der Waals surface area contributed by atoms with Crippen molar-refractivity contribution in [3.63, 3.8) is 0 Å². The lowest BCUT2D eigenvalue weighted by atomic mass is 9.90. The fourth-order valence-electron chi connectivity index (χ4n) is 2.37. The zero-order valence-electron chi connectivity index (χ0n) is 16.5. The number of alkyl halides is 3. The second kappa shape index (κ2) is 11.9. The topological polar surface area (TPSA) is 56.7 Å². The lowest BCUT2D eigenvalue weighted by molar-refractivity contribution is -0.138. The van der Waals surface area contributed by atoms with Crippen molar-refractivity contribution in [1.29, 1.82) is 0 Å². The first kappa shape index (κ1) is 26.2. The average molecular weight is 512 g/mol. The number of benzene rings is 1. The molecule has 2 atom stereocenters. The predicted octanol–water partition coefficient (Wildman–Crippen LogP) is 3.62. The van der Waals surface area contributed by atoms with Crippen molar-refractivity contribution in [2.45, 2.75) is 32.0 Å². The molecule has 1 amide bonds. The van der Waals surface area contributed by atoms with Gasteiger partial charge in [0.05, 0.1) is 5.56 Å². The van der Waals surface area contributed by atoms with E-state index in [0.29, 0.717) is 12.5 Å². The summed E-state index contributed by atoms with van der Waals surface area (Å²) in [6, 6.07) is 5.17. The maximum atomic E-state index is 13.3. The van der Waals surface area contributed by atoms with Crippen LogP contribution < -0.4 is 10.6 Å². The molecule has 1 aromatic rings. The molecule has 9 heteroatoms. The highest BCUT2D eigenvalue weighted by Crippen LogP contribution is 2.35. The van der Waals surface area contributed by atoms with Crippen molar-refractivity contribution in [2.75, 3.05) is 27.2 Å². The fraction of sp³-hybridized carbons (Fsp3) is 0.474. The highest BCUT2D eigenvalue weighted by molar-refractivity contribution is 14.0. The highest BCUT2D eigenvalue weighted by Gasteiger charge is 2.35. The summed E-state index contributed by atoms with van der Waals surface area (Å²) in [4.78, 5) is 17.4. The molecule has 1 rings (SSSR count). The molecule has 1 aromatic carbocycles. The van der Waals surface area contributed by atoms with Crippen LogP contribution in [0.25, 0.3) is 0 Å². The Morgan fingerprint density at radius 1 is 1.29 bits per heavy atom. The molecular formula is C19H28F3IN4O. The van der Waals surface area contributed by atoms with Crippen molar-refractivity contribution in [2.24, 2.45) is 4.99 Å². The summed E-state index contributed by atoms with van der Waals surface area (Å²) < 4.78 is 39.8. The lowest BCUT2D eigenvalue weighted by Gasteiger charge is -2.26. The Morgan fingerprint density at radius 3 is 2.43 bits per heavy atom. The zero-order valence-corrected chi connectivity index (χ0v) is 18.8. The Kier molecular flexibility index (Phi) is 11.2. The number of nitrogens with zero attached hydrogens (tertiary/aromatic N) is 2. The van der Waals surface area contributed by atoms with Gasteiger partial charge in [-0.2, -0.15) is 13.2 Å². The molecule has 0 aliphatic rings. The molecule has 0 radical (unpaired) electrons. The number of carbonyl (C=O) groups is 1. The van der Waals surface area contributed by atoms with Gasteiger partial charge in [0.25, 0.3) is 0 Å². The van der Waals surface area contributed by atoms with Crippen LogP contribution in [0.1, 0.15) is 30.9 Å². The van der Waals surface area contributed by atoms with Crippen LogP contribution >= 0.6 is 24.0 Å². The van der Waals surface area contributed by atoms with Crippen LogP contribution in [-0.4, -0.2) is 50.0 Å². The number of rotatable bonds is 7. The Balaban J connectivity index is 0.00000729. The number of aliphatic imine (C=N–C) groups is 1. The minimum absolute atomic E-state index is 0. The van der Waals surface area contributed by atoms with Gasteiger partial charge in [0.2, 0.25) is 5.91 Å². The lowest BCUT2D eigenvalue weighted by Crippen LogP contribution is -2.45. The minimum atomic E-state index is -4.42. The van der Waals surface area contributed by atoms with Gasteiger partial charge >= 0.3 is 6.18 Å². The van der Waals surface area contributed by atoms with Gasteiger partial charge < -0.3 is 15.5 Å². The second-order valence-corrected chi connectivity index (χ2v) is 6.43. The van der Waals surface area contributed by atoms with Crippen LogP contribution in [0.4, 0.5) is 13.2 Å². The van der Waals surface area contributed by atoms with Gasteiger partial charge in [0, 0.05) is 32.6 Å². The summed E-state index contributed by atoms with van der Waals surface area (Å²) in [5.74, 6) is -0.283. The Hall–Kier alpha value is -1.78. The van der Waals surface area contributed by atoms with Gasteiger partial charge in [-0.3, -0.25) is 4.79 Å². The van der Waals surface area contributed by atoms with E-state index in [1.165, 1.54) is 17.0 Å². The molecule has 0 aliphatic carbocycles. The average Bonchev–Trinajstić information content (AvgIpc) is 2.61. The smallest absolute Gasteiger partial charge is 0.353 e. The van der Waals surface area contributed by atoms with Gasteiger partial charge in [-0.25, -0.2) is 4.99 Å². The van der Waals surface area contributed by atoms with Crippen LogP contribution in [0, 0.1) is 0 Å². The van der Waals surface area contributed by atoms with Gasteiger partial charge in [-0.15, -0.1) is 30.6 Å². The fourth-order valence-corrected chi connectivity index (χ4v) is 2.37. The van der Waals surface area contributed by atoms with E-state index in [1.807, 2.05) is 0 Å². The molecule has 28 heavy (non-hydrogen) atoms. The van der Waals surface area contributed by atoms with E-state index in [9.17, 15) is 18.0 Å². The van der Waals surface area contributed by atoms with Crippen molar-refractivity contribution in [1.82, 2.24) is 15.5 Å². The van der Waals surface area contributed by atoms with E-state index in [2.05, 4.69) is 22.2 Å². The normalized spacial score (nSPS) is 13.8. The van der Waals surface area contributed by atoms with E-state index in [1.54, 1.807) is 40.1 Å². The summed E-state index contributed by atoms with van der Waals surface area (Å²) in [5, 5.41) is 6.05. The molecule has 0 heterocycles. The summed E-state index contributed by atoms with van der Waals surface area (Å²) >= 11 is 0. The molecule has 0 saturated heterocycles. The summed E-state index contributed by atoms with van der Waals surface area (Å²) in [7, 11) is 3.25. The van der Waals surface area contributed by atoms with Crippen molar-refractivity contribution >= 4 is 35.8 Å². The van der Waals surface area contributed by atoms with E-state index in [4.69, 9.17) is 0 Å². The van der Waals surface area contributed by atoms with E-state index >= 15 is 0 Å². The molecule has 2 unspecified atom stereocenters. The molecular weight excluding hydrogens is 484 g/mol. The van der Waals surface area contributed by atoms with Gasteiger partial charge in [0.15, 0.2) is 5.96 Å². The van der Waals surface area contributed by atoms with Crippen LogP contribution in [0.2, 0.25) is 0 Å². The molecule has 0 saturated carbocycles. The predicted molar refractivity (Wildman–Crippen MR) is 117 cm³/mol. The van der Waals surface area contributed by atoms with Gasteiger partial charge in [0.1, 0.15) is 6.54 Å². The highest BCUT2D eigenvalue weighted by atomic mass is 127. The molecule has 0 aliphatic heterocycles. The Labute approximate surface area is 181 Å². The third-order valence-corrected chi connectivity index (χ3v) is 4.16. The number of likely N-dealkylation sites (N-methyl/N-ethyl adjacent to an activating group) is 1. The molecule has 2 N–H and O–H groups in total. The first-order valence-corrected chi connectivity index (χ1v) is 8.60. The summed E-state index contributed by atoms with van der Waals surface area (Å²) in [5.41, 5.74) is -0.441. The second-order valence-electron chi connectivity index (χ2n) is 6.43. The standard InChI is InChI=1S/C19H27F3N4O.HI/c1-6-11-23-18(24-12-17(27)26(4)5)25-14(3)13(2)15-9-7-8-10-16(15)19(20,21)22;/h6-10,13-14H,1,11-12H2,2-5H3,(H2,23,24,25);1H. The summed E-state index contributed by atoms with van der Waals surface area (Å²) in [6.45, 7) is 7.44. The number of guanidine groups is 1. The zero-order chi connectivity index (χ0) is 20.6. The van der Waals surface area contributed by atoms with Crippen LogP contribution in [0.15, 0.2) is 41.9 Å². The Morgan fingerprint density at radius 2 is 1.89 bits per heavy atom. The van der Waals surface area contributed by atoms with E-state index in [0.717, 1.165) is 6.07 Å². The quantitative estimate of drug-likeness (QED) is 0.254. The number of amides is 1. The number of hydrogen-bond acceptors (Lipinski definition) is 2. The Bertz CT molecular complexity index is 677. The molecule has 158 valence electrons. The summed E-state index contributed by atoms with van der Waals surface area (Å²) in [6.07, 6.45) is -2.79. The van der Waals surface area contributed by atoms with Gasteiger partial charge in [-0.05, 0) is 18.6 Å². The number of carbonyl (C=O) groups excluding carboxylic acids is 1. The van der Waals surface area contributed by atoms with Crippen LogP contribution in [-0.2, 0) is 11.0 Å². The van der Waals surface area contributed by atoms with Crippen LogP contribution in [0.3, 0.4) is 0 Å². The molecule has 0 spiro atoms. The van der Waals surface area contributed by atoms with Crippen molar-refractivity contribution in [3.8, 4) is 0 Å².